The maximum absolute atomic E-state index is 10.9. The van der Waals surface area contributed by atoms with E-state index in [1.54, 1.807) is 0 Å². The molecule has 80 valence electrons. The molecule has 1 saturated carbocycles. The number of carbonyl (C=O) groups excluding carboxylic acids is 1. The van der Waals surface area contributed by atoms with Gasteiger partial charge in [0.2, 0.25) is 5.91 Å². The van der Waals surface area contributed by atoms with Crippen molar-refractivity contribution in [2.75, 3.05) is 7.05 Å². The minimum absolute atomic E-state index is 0.00351. The number of benzene rings is 1. The van der Waals surface area contributed by atoms with Crippen LogP contribution in [0.1, 0.15) is 24.8 Å². The number of hydrogen-bond acceptors (Lipinski definition) is 2. The van der Waals surface area contributed by atoms with E-state index < -0.39 is 0 Å². The normalized spacial score (nSPS) is 23.9. The number of nitrogens with one attached hydrogen (secondary N) is 1. The van der Waals surface area contributed by atoms with Gasteiger partial charge in [0.25, 0.3) is 0 Å². The summed E-state index contributed by atoms with van der Waals surface area (Å²) in [7, 11) is 1.93. The van der Waals surface area contributed by atoms with E-state index in [9.17, 15) is 4.79 Å². The molecule has 1 aliphatic rings. The van der Waals surface area contributed by atoms with Crippen LogP contribution in [-0.2, 0) is 4.79 Å². The molecule has 1 N–H and O–H groups in total. The molecule has 15 heavy (non-hydrogen) atoms. The van der Waals surface area contributed by atoms with Gasteiger partial charge in [0.05, 0.1) is 0 Å². The van der Waals surface area contributed by atoms with Crippen molar-refractivity contribution in [1.82, 2.24) is 10.4 Å². The number of nitrogens with zero attached hydrogens (tertiary/aromatic N) is 1. The lowest BCUT2D eigenvalue weighted by atomic mass is 10.1. The van der Waals surface area contributed by atoms with Gasteiger partial charge in [-0.1, -0.05) is 30.3 Å². The van der Waals surface area contributed by atoms with Gasteiger partial charge in [0.15, 0.2) is 0 Å². The second-order valence-corrected chi connectivity index (χ2v) is 4.10. The van der Waals surface area contributed by atoms with E-state index in [1.165, 1.54) is 12.5 Å². The molecule has 1 aromatic rings. The first kappa shape index (κ1) is 10.2. The van der Waals surface area contributed by atoms with Crippen LogP contribution in [0.5, 0.6) is 0 Å². The zero-order valence-electron chi connectivity index (χ0n) is 9.10. The van der Waals surface area contributed by atoms with Crippen molar-refractivity contribution >= 4 is 5.91 Å². The molecule has 2 atom stereocenters. The lowest BCUT2D eigenvalue weighted by molar-refractivity contribution is -0.123. The SMILES string of the molecule is CC(=O)NN(C)[C@@H]1C[C@H]1c1ccccc1. The lowest BCUT2D eigenvalue weighted by Gasteiger charge is -2.16. The molecule has 1 aliphatic carbocycles. The van der Waals surface area contributed by atoms with E-state index in [0.29, 0.717) is 12.0 Å². The Hall–Kier alpha value is -1.35. The molecular weight excluding hydrogens is 188 g/mol. The monoisotopic (exact) mass is 204 g/mol. The molecule has 3 nitrogen and oxygen atoms in total. The fraction of sp³-hybridized carbons (Fsp3) is 0.417. The highest BCUT2D eigenvalue weighted by molar-refractivity contribution is 5.72. The molecule has 0 heterocycles. The third-order valence-corrected chi connectivity index (χ3v) is 2.82. The van der Waals surface area contributed by atoms with E-state index in [4.69, 9.17) is 0 Å². The molecule has 1 aromatic carbocycles. The first-order valence-corrected chi connectivity index (χ1v) is 5.23. The van der Waals surface area contributed by atoms with E-state index in [0.717, 1.165) is 6.42 Å². The number of hydrogen-bond donors (Lipinski definition) is 1. The van der Waals surface area contributed by atoms with Crippen LogP contribution in [0.15, 0.2) is 30.3 Å². The van der Waals surface area contributed by atoms with Gasteiger partial charge in [0, 0.05) is 25.9 Å². The second-order valence-electron chi connectivity index (χ2n) is 4.10. The van der Waals surface area contributed by atoms with Gasteiger partial charge in [-0.2, -0.15) is 0 Å². The molecule has 1 fully saturated rings. The predicted molar refractivity (Wildman–Crippen MR) is 59.2 cm³/mol. The summed E-state index contributed by atoms with van der Waals surface area (Å²) in [5.74, 6) is 0.569. The van der Waals surface area contributed by atoms with Crippen LogP contribution in [0.4, 0.5) is 0 Å². The minimum atomic E-state index is -0.00351. The van der Waals surface area contributed by atoms with Crippen LogP contribution < -0.4 is 5.43 Å². The van der Waals surface area contributed by atoms with Crippen molar-refractivity contribution in [3.63, 3.8) is 0 Å². The number of likely N-dealkylation sites (N-methyl/N-ethyl adjacent to an activating group) is 1. The molecule has 0 aliphatic heterocycles. The van der Waals surface area contributed by atoms with Gasteiger partial charge in [-0.15, -0.1) is 0 Å². The zero-order chi connectivity index (χ0) is 10.8. The lowest BCUT2D eigenvalue weighted by Crippen LogP contribution is -2.39. The van der Waals surface area contributed by atoms with Gasteiger partial charge in [-0.05, 0) is 12.0 Å². The number of amides is 1. The fourth-order valence-corrected chi connectivity index (χ4v) is 2.00. The Morgan fingerprint density at radius 3 is 2.67 bits per heavy atom. The van der Waals surface area contributed by atoms with Crippen molar-refractivity contribution in [3.05, 3.63) is 35.9 Å². The zero-order valence-corrected chi connectivity index (χ0v) is 9.10. The Morgan fingerprint density at radius 2 is 2.07 bits per heavy atom. The van der Waals surface area contributed by atoms with Crippen molar-refractivity contribution in [3.8, 4) is 0 Å². The summed E-state index contributed by atoms with van der Waals surface area (Å²) in [4.78, 5) is 10.9. The second kappa shape index (κ2) is 4.03. The largest absolute Gasteiger partial charge is 0.289 e. The average molecular weight is 204 g/mol. The molecule has 2 rings (SSSR count). The smallest absolute Gasteiger partial charge is 0.231 e. The van der Waals surface area contributed by atoms with Crippen LogP contribution >= 0.6 is 0 Å². The first-order valence-electron chi connectivity index (χ1n) is 5.23. The number of hydrazine groups is 1. The van der Waals surface area contributed by atoms with Crippen molar-refractivity contribution < 1.29 is 4.79 Å². The van der Waals surface area contributed by atoms with Crippen LogP contribution in [0.2, 0.25) is 0 Å². The van der Waals surface area contributed by atoms with Crippen molar-refractivity contribution in [2.24, 2.45) is 0 Å². The van der Waals surface area contributed by atoms with Crippen LogP contribution in [0.3, 0.4) is 0 Å². The quantitative estimate of drug-likeness (QED) is 0.757. The van der Waals surface area contributed by atoms with Gasteiger partial charge in [-0.25, -0.2) is 5.01 Å². The third-order valence-electron chi connectivity index (χ3n) is 2.82. The maximum atomic E-state index is 10.9. The van der Waals surface area contributed by atoms with E-state index in [-0.39, 0.29) is 5.91 Å². The molecule has 0 bridgehead atoms. The Kier molecular flexibility index (Phi) is 2.73. The van der Waals surface area contributed by atoms with Crippen LogP contribution in [-0.4, -0.2) is 24.0 Å². The fourth-order valence-electron chi connectivity index (χ4n) is 2.00. The Bertz CT molecular complexity index is 350. The summed E-state index contributed by atoms with van der Waals surface area (Å²) in [6.07, 6.45) is 1.13. The van der Waals surface area contributed by atoms with Crippen molar-refractivity contribution in [2.45, 2.75) is 25.3 Å². The molecule has 0 radical (unpaired) electrons. The molecule has 3 heteroatoms. The standard InChI is InChI=1S/C12H16N2O/c1-9(15)13-14(2)12-8-11(12)10-6-4-3-5-7-10/h3-7,11-12H,8H2,1-2H3,(H,13,15)/t11-,12+/m0/s1. The highest BCUT2D eigenvalue weighted by atomic mass is 16.2. The van der Waals surface area contributed by atoms with E-state index in [2.05, 4.69) is 29.7 Å². The molecule has 0 saturated heterocycles. The first-order chi connectivity index (χ1) is 7.18. The molecule has 0 unspecified atom stereocenters. The highest BCUT2D eigenvalue weighted by Crippen LogP contribution is 2.43. The molecule has 0 spiro atoms. The molecule has 1 amide bonds. The van der Waals surface area contributed by atoms with Gasteiger partial charge >= 0.3 is 0 Å². The van der Waals surface area contributed by atoms with Gasteiger partial charge in [-0.3, -0.25) is 10.2 Å². The Labute approximate surface area is 90.1 Å². The summed E-state index contributed by atoms with van der Waals surface area (Å²) in [6, 6.07) is 10.9. The number of rotatable bonds is 3. The maximum Gasteiger partial charge on any atom is 0.231 e. The minimum Gasteiger partial charge on any atom is -0.289 e. The summed E-state index contributed by atoms with van der Waals surface area (Å²) >= 11 is 0. The predicted octanol–water partition coefficient (Wildman–Crippen LogP) is 1.53. The third kappa shape index (κ3) is 2.36. The Balaban J connectivity index is 1.93. The summed E-state index contributed by atoms with van der Waals surface area (Å²) in [6.45, 7) is 1.54. The summed E-state index contributed by atoms with van der Waals surface area (Å²) in [5, 5.41) is 1.92. The van der Waals surface area contributed by atoms with Crippen LogP contribution in [0.25, 0.3) is 0 Å². The Morgan fingerprint density at radius 1 is 1.40 bits per heavy atom. The van der Waals surface area contributed by atoms with E-state index >= 15 is 0 Å². The highest BCUT2D eigenvalue weighted by Gasteiger charge is 2.41. The van der Waals surface area contributed by atoms with Crippen molar-refractivity contribution in [1.29, 1.82) is 0 Å². The van der Waals surface area contributed by atoms with E-state index in [1.807, 2.05) is 18.1 Å². The number of carbonyl (C=O) groups is 1. The topological polar surface area (TPSA) is 32.3 Å². The summed E-state index contributed by atoms with van der Waals surface area (Å²) in [5.41, 5.74) is 4.16. The van der Waals surface area contributed by atoms with Gasteiger partial charge in [0.1, 0.15) is 0 Å². The average Bonchev–Trinajstić information content (AvgIpc) is 2.97. The molecule has 0 aromatic heterocycles. The molecular formula is C12H16N2O. The van der Waals surface area contributed by atoms with Crippen LogP contribution in [0, 0.1) is 0 Å². The summed E-state index contributed by atoms with van der Waals surface area (Å²) < 4.78 is 0. The van der Waals surface area contributed by atoms with Gasteiger partial charge < -0.3 is 0 Å².